The molecule has 2 rings (SSSR count). The highest BCUT2D eigenvalue weighted by atomic mass is 16.1. The molecule has 1 saturated carbocycles. The van der Waals surface area contributed by atoms with Gasteiger partial charge in [0.25, 0.3) is 0 Å². The average molecular weight is 198 g/mol. The first-order valence-electron chi connectivity index (χ1n) is 5.18. The van der Waals surface area contributed by atoms with Crippen LogP contribution in [0.5, 0.6) is 0 Å². The fourth-order valence-corrected chi connectivity index (χ4v) is 1.79. The van der Waals surface area contributed by atoms with E-state index in [0.717, 1.165) is 12.0 Å². The lowest BCUT2D eigenvalue weighted by atomic mass is 9.67. The lowest BCUT2D eigenvalue weighted by Gasteiger charge is -2.34. The molecule has 0 aromatic heterocycles. The highest BCUT2D eigenvalue weighted by Crippen LogP contribution is 2.40. The van der Waals surface area contributed by atoms with E-state index < -0.39 is 0 Å². The van der Waals surface area contributed by atoms with Crippen LogP contribution in [0.15, 0.2) is 49.1 Å². The van der Waals surface area contributed by atoms with Gasteiger partial charge >= 0.3 is 0 Å². The summed E-state index contributed by atoms with van der Waals surface area (Å²) in [6.07, 6.45) is 7.32. The summed E-state index contributed by atoms with van der Waals surface area (Å²) in [6.45, 7) is 3.75. The molecule has 1 aliphatic rings. The van der Waals surface area contributed by atoms with Crippen molar-refractivity contribution in [2.75, 3.05) is 0 Å². The van der Waals surface area contributed by atoms with Crippen molar-refractivity contribution in [2.24, 2.45) is 5.41 Å². The Morgan fingerprint density at radius 1 is 1.27 bits per heavy atom. The van der Waals surface area contributed by atoms with Gasteiger partial charge in [-0.2, -0.15) is 0 Å². The third kappa shape index (κ3) is 1.78. The van der Waals surface area contributed by atoms with Gasteiger partial charge in [0.1, 0.15) is 5.78 Å². The van der Waals surface area contributed by atoms with Crippen LogP contribution >= 0.6 is 0 Å². The van der Waals surface area contributed by atoms with E-state index >= 15 is 0 Å². The molecule has 1 nitrogen and oxygen atoms in total. The fourth-order valence-electron chi connectivity index (χ4n) is 1.79. The van der Waals surface area contributed by atoms with Crippen LogP contribution < -0.4 is 0 Å². The number of ketones is 1. The van der Waals surface area contributed by atoms with Crippen molar-refractivity contribution < 1.29 is 4.79 Å². The van der Waals surface area contributed by atoms with Gasteiger partial charge in [-0.25, -0.2) is 0 Å². The van der Waals surface area contributed by atoms with E-state index in [0.29, 0.717) is 6.42 Å². The largest absolute Gasteiger partial charge is 0.298 e. The number of carbonyl (C=O) groups excluding carboxylic acids is 1. The van der Waals surface area contributed by atoms with Crippen LogP contribution in [0.25, 0.3) is 6.08 Å². The molecule has 1 fully saturated rings. The van der Waals surface area contributed by atoms with Gasteiger partial charge in [-0.3, -0.25) is 4.79 Å². The minimum absolute atomic E-state index is 0.282. The van der Waals surface area contributed by atoms with E-state index in [4.69, 9.17) is 0 Å². The predicted octanol–water partition coefficient (Wildman–Crippen LogP) is 3.24. The summed E-state index contributed by atoms with van der Waals surface area (Å²) in [5, 5.41) is 0. The predicted molar refractivity (Wildman–Crippen MR) is 62.3 cm³/mol. The molecule has 0 amide bonds. The van der Waals surface area contributed by atoms with E-state index in [2.05, 4.69) is 6.58 Å². The smallest absolute Gasteiger partial charge is 0.146 e. The summed E-state index contributed by atoms with van der Waals surface area (Å²) in [5.74, 6) is 0.282. The molecule has 0 aliphatic heterocycles. The van der Waals surface area contributed by atoms with Crippen LogP contribution in [-0.2, 0) is 4.79 Å². The van der Waals surface area contributed by atoms with Crippen LogP contribution in [0.1, 0.15) is 18.4 Å². The molecule has 15 heavy (non-hydrogen) atoms. The van der Waals surface area contributed by atoms with Crippen molar-refractivity contribution in [3.05, 3.63) is 54.6 Å². The van der Waals surface area contributed by atoms with Crippen LogP contribution in [-0.4, -0.2) is 5.78 Å². The first kappa shape index (κ1) is 9.91. The lowest BCUT2D eigenvalue weighted by molar-refractivity contribution is -0.131. The molecule has 1 aromatic carbocycles. The molecular formula is C14H14O. The van der Waals surface area contributed by atoms with Gasteiger partial charge in [-0.15, -0.1) is 6.58 Å². The Labute approximate surface area is 90.1 Å². The summed E-state index contributed by atoms with van der Waals surface area (Å²) < 4.78 is 0. The van der Waals surface area contributed by atoms with E-state index in [-0.39, 0.29) is 11.2 Å². The number of allylic oxidation sites excluding steroid dienone is 2. The number of hydrogen-bond acceptors (Lipinski definition) is 1. The minimum atomic E-state index is -0.379. The topological polar surface area (TPSA) is 17.1 Å². The monoisotopic (exact) mass is 198 g/mol. The van der Waals surface area contributed by atoms with Crippen molar-refractivity contribution in [3.63, 3.8) is 0 Å². The van der Waals surface area contributed by atoms with Crippen molar-refractivity contribution in [1.82, 2.24) is 0 Å². The maximum Gasteiger partial charge on any atom is 0.146 e. The van der Waals surface area contributed by atoms with Crippen molar-refractivity contribution in [3.8, 4) is 0 Å². The average Bonchev–Trinajstić information content (AvgIpc) is 2.30. The fraction of sp³-hybridized carbons (Fsp3) is 0.214. The second-order valence-corrected chi connectivity index (χ2v) is 3.91. The summed E-state index contributed by atoms with van der Waals surface area (Å²) >= 11 is 0. The van der Waals surface area contributed by atoms with Gasteiger partial charge < -0.3 is 0 Å². The number of rotatable bonds is 3. The maximum atomic E-state index is 11.5. The van der Waals surface area contributed by atoms with Crippen molar-refractivity contribution in [1.29, 1.82) is 0 Å². The minimum Gasteiger partial charge on any atom is -0.298 e. The lowest BCUT2D eigenvalue weighted by Crippen LogP contribution is -2.36. The molecule has 0 spiro atoms. The Hall–Kier alpha value is -1.63. The first-order chi connectivity index (χ1) is 7.27. The zero-order chi connectivity index (χ0) is 10.7. The van der Waals surface area contributed by atoms with Crippen LogP contribution in [0.2, 0.25) is 0 Å². The summed E-state index contributed by atoms with van der Waals surface area (Å²) in [5.41, 5.74) is 0.744. The summed E-state index contributed by atoms with van der Waals surface area (Å²) in [4.78, 5) is 11.5. The molecule has 0 radical (unpaired) electrons. The van der Waals surface area contributed by atoms with Crippen LogP contribution in [0.4, 0.5) is 0 Å². The number of Topliss-reactive ketones (excluding diaryl/α,β-unsaturated/α-hetero) is 1. The number of benzene rings is 1. The molecule has 1 aliphatic carbocycles. The molecule has 0 unspecified atom stereocenters. The highest BCUT2D eigenvalue weighted by Gasteiger charge is 2.40. The molecule has 0 saturated heterocycles. The Morgan fingerprint density at radius 3 is 2.47 bits per heavy atom. The Morgan fingerprint density at radius 2 is 2.00 bits per heavy atom. The molecule has 1 heteroatoms. The third-order valence-corrected chi connectivity index (χ3v) is 3.02. The molecule has 0 N–H and O–H groups in total. The summed E-state index contributed by atoms with van der Waals surface area (Å²) in [6, 6.07) is 10.0. The SMILES string of the molecule is C=C[C@@]1(/C=C/c2ccccc2)CCC1=O. The molecule has 76 valence electrons. The second kappa shape index (κ2) is 3.85. The van der Waals surface area contributed by atoms with Gasteiger partial charge in [-0.05, 0) is 12.0 Å². The third-order valence-electron chi connectivity index (χ3n) is 3.02. The maximum absolute atomic E-state index is 11.5. The molecular weight excluding hydrogens is 184 g/mol. The Bertz CT molecular complexity index is 403. The van der Waals surface area contributed by atoms with Gasteiger partial charge in [0.05, 0.1) is 5.41 Å². The zero-order valence-electron chi connectivity index (χ0n) is 8.65. The van der Waals surface area contributed by atoms with Crippen LogP contribution in [0.3, 0.4) is 0 Å². The van der Waals surface area contributed by atoms with Gasteiger partial charge in [-0.1, -0.05) is 48.6 Å². The highest BCUT2D eigenvalue weighted by molar-refractivity contribution is 5.95. The zero-order valence-corrected chi connectivity index (χ0v) is 8.65. The Balaban J connectivity index is 2.18. The van der Waals surface area contributed by atoms with Gasteiger partial charge in [0.15, 0.2) is 0 Å². The molecule has 0 bridgehead atoms. The quantitative estimate of drug-likeness (QED) is 0.681. The molecule has 1 atom stereocenters. The van der Waals surface area contributed by atoms with Crippen LogP contribution in [0, 0.1) is 5.41 Å². The first-order valence-corrected chi connectivity index (χ1v) is 5.18. The van der Waals surface area contributed by atoms with E-state index in [9.17, 15) is 4.79 Å². The molecule has 0 heterocycles. The number of carbonyl (C=O) groups is 1. The van der Waals surface area contributed by atoms with Crippen molar-refractivity contribution in [2.45, 2.75) is 12.8 Å². The Kier molecular flexibility index (Phi) is 2.55. The second-order valence-electron chi connectivity index (χ2n) is 3.91. The normalized spacial score (nSPS) is 25.2. The van der Waals surface area contributed by atoms with Gasteiger partial charge in [0, 0.05) is 6.42 Å². The van der Waals surface area contributed by atoms with Gasteiger partial charge in [0.2, 0.25) is 0 Å². The number of hydrogen-bond donors (Lipinski definition) is 0. The standard InChI is InChI=1S/C14H14O/c1-2-14(11-9-13(14)15)10-8-12-6-4-3-5-7-12/h2-8,10H,1,9,11H2/b10-8+/t14-/m1/s1. The van der Waals surface area contributed by atoms with Crippen molar-refractivity contribution >= 4 is 11.9 Å². The molecule has 1 aromatic rings. The van der Waals surface area contributed by atoms with E-state index in [1.54, 1.807) is 6.08 Å². The van der Waals surface area contributed by atoms with E-state index in [1.807, 2.05) is 42.5 Å². The summed E-state index contributed by atoms with van der Waals surface area (Å²) in [7, 11) is 0. The van der Waals surface area contributed by atoms with E-state index in [1.165, 1.54) is 0 Å².